The minimum Gasteiger partial charge on any atom is -0.488 e. The highest BCUT2D eigenvalue weighted by molar-refractivity contribution is 9.10. The summed E-state index contributed by atoms with van der Waals surface area (Å²) in [7, 11) is 0. The lowest BCUT2D eigenvalue weighted by atomic mass is 10.1. The topological polar surface area (TPSA) is 56.2 Å². The number of aromatic nitrogens is 2. The molecular weight excluding hydrogens is 518 g/mol. The van der Waals surface area contributed by atoms with E-state index in [2.05, 4.69) is 26.3 Å². The number of nitrogens with one attached hydrogen (secondary N) is 1. The Bertz CT molecular complexity index is 1320. The first kappa shape index (κ1) is 23.5. The number of rotatable bonds is 7. The molecule has 4 rings (SSSR count). The summed E-state index contributed by atoms with van der Waals surface area (Å²) in [5.74, 6) is -5.66. The van der Waals surface area contributed by atoms with E-state index >= 15 is 0 Å². The van der Waals surface area contributed by atoms with E-state index in [1.54, 1.807) is 24.3 Å². The summed E-state index contributed by atoms with van der Waals surface area (Å²) in [6, 6.07) is 15.7. The van der Waals surface area contributed by atoms with Crippen LogP contribution in [0.1, 0.15) is 21.5 Å². The van der Waals surface area contributed by atoms with Gasteiger partial charge in [0.05, 0.1) is 16.6 Å². The highest BCUT2D eigenvalue weighted by atomic mass is 79.9. The molecule has 0 fully saturated rings. The number of nitrogens with zero attached hydrogens (tertiary/aromatic N) is 2. The Morgan fingerprint density at radius 2 is 1.65 bits per heavy atom. The summed E-state index contributed by atoms with van der Waals surface area (Å²) >= 11 is 3.41. The van der Waals surface area contributed by atoms with Crippen LogP contribution in [0.25, 0.3) is 0 Å². The molecule has 1 aromatic heterocycles. The minimum atomic E-state index is -1.50. The first-order valence-corrected chi connectivity index (χ1v) is 10.7. The number of hydrogen-bond donors (Lipinski definition) is 1. The Labute approximate surface area is 200 Å². The van der Waals surface area contributed by atoms with E-state index in [-0.39, 0.29) is 11.9 Å². The molecule has 0 aliphatic carbocycles. The molecule has 1 N–H and O–H groups in total. The molecule has 1 amide bonds. The summed E-state index contributed by atoms with van der Waals surface area (Å²) in [4.78, 5) is 12.5. The highest BCUT2D eigenvalue weighted by Crippen LogP contribution is 2.25. The smallest absolute Gasteiger partial charge is 0.256 e. The highest BCUT2D eigenvalue weighted by Gasteiger charge is 2.20. The molecule has 0 radical (unpaired) electrons. The van der Waals surface area contributed by atoms with Gasteiger partial charge in [-0.05, 0) is 45.8 Å². The maximum atomic E-state index is 13.9. The minimum absolute atomic E-state index is 0.101. The maximum Gasteiger partial charge on any atom is 0.256 e. The standard InChI is InChI=1S/C24H16BrF4N3O2/c25-17-3-1-2-4-20(17)34-13-14-5-7-15(8-6-14)24(33)30-21-9-10-32(31-21)12-16-22(28)18(26)11-19(27)23(16)29/h1-11H,12-13H2,(H,30,31,33). The summed E-state index contributed by atoms with van der Waals surface area (Å²) in [5.41, 5.74) is 0.394. The lowest BCUT2D eigenvalue weighted by molar-refractivity contribution is 0.102. The zero-order chi connectivity index (χ0) is 24.2. The van der Waals surface area contributed by atoms with Crippen molar-refractivity contribution in [3.63, 3.8) is 0 Å². The molecule has 0 bridgehead atoms. The zero-order valence-corrected chi connectivity index (χ0v) is 19.0. The number of anilines is 1. The molecule has 1 heterocycles. The molecular formula is C24H16BrF4N3O2. The summed E-state index contributed by atoms with van der Waals surface area (Å²) < 4.78 is 62.1. The molecule has 34 heavy (non-hydrogen) atoms. The van der Waals surface area contributed by atoms with Gasteiger partial charge in [-0.2, -0.15) is 5.10 Å². The number of hydrogen-bond acceptors (Lipinski definition) is 3. The van der Waals surface area contributed by atoms with Gasteiger partial charge in [-0.3, -0.25) is 9.48 Å². The number of halogens is 5. The fourth-order valence-electron chi connectivity index (χ4n) is 3.10. The van der Waals surface area contributed by atoms with Crippen LogP contribution >= 0.6 is 15.9 Å². The van der Waals surface area contributed by atoms with Crippen LogP contribution in [-0.4, -0.2) is 15.7 Å². The quantitative estimate of drug-likeness (QED) is 0.231. The number of para-hydroxylation sites is 1. The number of benzene rings is 3. The van der Waals surface area contributed by atoms with Crippen LogP contribution in [0.15, 0.2) is 71.3 Å². The number of amides is 1. The molecule has 0 aliphatic rings. The van der Waals surface area contributed by atoms with E-state index in [0.717, 1.165) is 14.7 Å². The van der Waals surface area contributed by atoms with Crippen LogP contribution in [-0.2, 0) is 13.2 Å². The molecule has 0 atom stereocenters. The second-order valence-electron chi connectivity index (χ2n) is 7.22. The van der Waals surface area contributed by atoms with Crippen molar-refractivity contribution in [3.8, 4) is 5.75 Å². The molecule has 0 aliphatic heterocycles. The predicted molar refractivity (Wildman–Crippen MR) is 120 cm³/mol. The van der Waals surface area contributed by atoms with E-state index in [0.29, 0.717) is 17.9 Å². The number of ether oxygens (including phenoxy) is 1. The molecule has 0 saturated heterocycles. The van der Waals surface area contributed by atoms with E-state index in [4.69, 9.17) is 4.74 Å². The van der Waals surface area contributed by atoms with Gasteiger partial charge < -0.3 is 10.1 Å². The first-order valence-electron chi connectivity index (χ1n) is 9.95. The van der Waals surface area contributed by atoms with Crippen LogP contribution in [0, 0.1) is 23.3 Å². The van der Waals surface area contributed by atoms with Crippen LogP contribution in [0.2, 0.25) is 0 Å². The van der Waals surface area contributed by atoms with Gasteiger partial charge in [0.1, 0.15) is 12.4 Å². The van der Waals surface area contributed by atoms with Gasteiger partial charge in [-0.1, -0.05) is 24.3 Å². The van der Waals surface area contributed by atoms with E-state index < -0.39 is 41.3 Å². The van der Waals surface area contributed by atoms with Crippen molar-refractivity contribution in [2.45, 2.75) is 13.2 Å². The van der Waals surface area contributed by atoms with Crippen LogP contribution in [0.5, 0.6) is 5.75 Å². The van der Waals surface area contributed by atoms with E-state index in [1.807, 2.05) is 24.3 Å². The van der Waals surface area contributed by atoms with Crippen molar-refractivity contribution >= 4 is 27.7 Å². The fourth-order valence-corrected chi connectivity index (χ4v) is 3.50. The van der Waals surface area contributed by atoms with Gasteiger partial charge in [-0.15, -0.1) is 0 Å². The van der Waals surface area contributed by atoms with Crippen LogP contribution in [0.3, 0.4) is 0 Å². The maximum absolute atomic E-state index is 13.9. The van der Waals surface area contributed by atoms with Gasteiger partial charge in [0.25, 0.3) is 5.91 Å². The monoisotopic (exact) mass is 533 g/mol. The Kier molecular flexibility index (Phi) is 6.97. The van der Waals surface area contributed by atoms with Gasteiger partial charge in [0.2, 0.25) is 0 Å². The van der Waals surface area contributed by atoms with Crippen molar-refractivity contribution in [3.05, 3.63) is 111 Å². The van der Waals surface area contributed by atoms with Crippen molar-refractivity contribution in [1.82, 2.24) is 9.78 Å². The van der Waals surface area contributed by atoms with Gasteiger partial charge >= 0.3 is 0 Å². The molecule has 5 nitrogen and oxygen atoms in total. The predicted octanol–water partition coefficient (Wildman–Crippen LogP) is 6.08. The lowest BCUT2D eigenvalue weighted by Crippen LogP contribution is -2.13. The SMILES string of the molecule is O=C(Nc1ccn(Cc2c(F)c(F)cc(F)c2F)n1)c1ccc(COc2ccccc2Br)cc1. The first-order chi connectivity index (χ1) is 16.3. The summed E-state index contributed by atoms with van der Waals surface area (Å²) in [5, 5.41) is 6.54. The molecule has 174 valence electrons. The average molecular weight is 534 g/mol. The third-order valence-electron chi connectivity index (χ3n) is 4.85. The molecule has 4 aromatic rings. The van der Waals surface area contributed by atoms with Crippen molar-refractivity contribution in [2.75, 3.05) is 5.32 Å². The van der Waals surface area contributed by atoms with Crippen molar-refractivity contribution in [2.24, 2.45) is 0 Å². The second-order valence-corrected chi connectivity index (χ2v) is 8.07. The molecule has 0 spiro atoms. The summed E-state index contributed by atoms with van der Waals surface area (Å²) in [6.45, 7) is -0.253. The second kappa shape index (κ2) is 10.1. The van der Waals surface area contributed by atoms with Crippen molar-refractivity contribution < 1.29 is 27.1 Å². The van der Waals surface area contributed by atoms with Gasteiger partial charge in [0, 0.05) is 23.9 Å². The van der Waals surface area contributed by atoms with Crippen molar-refractivity contribution in [1.29, 1.82) is 0 Å². The molecule has 0 unspecified atom stereocenters. The largest absolute Gasteiger partial charge is 0.488 e. The van der Waals surface area contributed by atoms with Crippen LogP contribution < -0.4 is 10.1 Å². The molecule has 10 heteroatoms. The van der Waals surface area contributed by atoms with Crippen LogP contribution in [0.4, 0.5) is 23.4 Å². The van der Waals surface area contributed by atoms with E-state index in [1.165, 1.54) is 12.3 Å². The molecule has 0 saturated carbocycles. The average Bonchev–Trinajstić information content (AvgIpc) is 3.27. The fraction of sp³-hybridized carbons (Fsp3) is 0.0833. The Morgan fingerprint density at radius 3 is 2.32 bits per heavy atom. The van der Waals surface area contributed by atoms with Gasteiger partial charge in [0.15, 0.2) is 29.1 Å². The Balaban J connectivity index is 1.38. The number of carbonyl (C=O) groups is 1. The Morgan fingerprint density at radius 1 is 0.971 bits per heavy atom. The molecule has 3 aromatic carbocycles. The third kappa shape index (κ3) is 5.28. The van der Waals surface area contributed by atoms with E-state index in [9.17, 15) is 22.4 Å². The summed E-state index contributed by atoms with van der Waals surface area (Å²) in [6.07, 6.45) is 1.32. The zero-order valence-electron chi connectivity index (χ0n) is 17.4. The normalized spacial score (nSPS) is 10.9. The van der Waals surface area contributed by atoms with Gasteiger partial charge in [-0.25, -0.2) is 17.6 Å². The third-order valence-corrected chi connectivity index (χ3v) is 5.51. The lowest BCUT2D eigenvalue weighted by Gasteiger charge is -2.09. The number of carbonyl (C=O) groups excluding carboxylic acids is 1. The Hall–Kier alpha value is -3.66.